The molecule has 18 heavy (non-hydrogen) atoms. The minimum absolute atomic E-state index is 0.819. The predicted octanol–water partition coefficient (Wildman–Crippen LogP) is 3.83. The van der Waals surface area contributed by atoms with Gasteiger partial charge in [0.15, 0.2) is 0 Å². The molecule has 1 aromatic carbocycles. The van der Waals surface area contributed by atoms with Crippen LogP contribution in [0.1, 0.15) is 23.7 Å². The lowest BCUT2D eigenvalue weighted by molar-refractivity contribution is 0.679. The van der Waals surface area contributed by atoms with Gasteiger partial charge in [-0.3, -0.25) is 4.68 Å². The van der Waals surface area contributed by atoms with Crippen LogP contribution in [0.25, 0.3) is 6.08 Å². The Hall–Kier alpha value is -2.09. The summed E-state index contributed by atoms with van der Waals surface area (Å²) in [7, 11) is 0. The normalized spacial score (nSPS) is 11.7. The van der Waals surface area contributed by atoms with E-state index in [1.54, 1.807) is 0 Å². The van der Waals surface area contributed by atoms with Crippen LogP contribution < -0.4 is 0 Å². The third-order valence-corrected chi connectivity index (χ3v) is 2.75. The number of aryl methyl sites for hydroxylation is 1. The first-order valence-electron chi connectivity index (χ1n) is 6.17. The molecular weight excluding hydrogens is 220 g/mol. The standard InChI is InChI=1S/C16H18N2/c1-3-4-6-11-16-13-18(17-14(16)2)12-15-9-7-5-8-10-15/h3-11,13H,12H2,1-2H3/b4-3-,11-6-. The second-order valence-electron chi connectivity index (χ2n) is 4.24. The molecule has 0 bridgehead atoms. The summed E-state index contributed by atoms with van der Waals surface area (Å²) in [5, 5.41) is 4.53. The minimum atomic E-state index is 0.819. The van der Waals surface area contributed by atoms with E-state index in [4.69, 9.17) is 0 Å². The Morgan fingerprint density at radius 1 is 1.17 bits per heavy atom. The summed E-state index contributed by atoms with van der Waals surface area (Å²) in [5.74, 6) is 0. The molecule has 0 amide bonds. The van der Waals surface area contributed by atoms with Crippen molar-refractivity contribution < 1.29 is 0 Å². The van der Waals surface area contributed by atoms with E-state index in [-0.39, 0.29) is 0 Å². The number of rotatable bonds is 4. The molecule has 2 aromatic rings. The van der Waals surface area contributed by atoms with Gasteiger partial charge < -0.3 is 0 Å². The molecule has 0 N–H and O–H groups in total. The zero-order valence-electron chi connectivity index (χ0n) is 10.9. The van der Waals surface area contributed by atoms with Crippen molar-refractivity contribution in [2.45, 2.75) is 20.4 Å². The summed E-state index contributed by atoms with van der Waals surface area (Å²) in [6.45, 7) is 4.87. The highest BCUT2D eigenvalue weighted by atomic mass is 15.3. The number of hydrogen-bond acceptors (Lipinski definition) is 1. The van der Waals surface area contributed by atoms with Gasteiger partial charge >= 0.3 is 0 Å². The summed E-state index contributed by atoms with van der Waals surface area (Å²) in [6.07, 6.45) is 10.2. The van der Waals surface area contributed by atoms with Crippen molar-refractivity contribution in [3.8, 4) is 0 Å². The molecule has 2 nitrogen and oxygen atoms in total. The average molecular weight is 238 g/mol. The monoisotopic (exact) mass is 238 g/mol. The fraction of sp³-hybridized carbons (Fsp3) is 0.188. The van der Waals surface area contributed by atoms with Gasteiger partial charge in [0.05, 0.1) is 12.2 Å². The molecule has 0 spiro atoms. The van der Waals surface area contributed by atoms with Crippen LogP contribution in [0.4, 0.5) is 0 Å². The molecule has 0 aliphatic carbocycles. The molecule has 0 saturated carbocycles. The van der Waals surface area contributed by atoms with E-state index in [1.165, 1.54) is 11.1 Å². The second-order valence-corrected chi connectivity index (χ2v) is 4.24. The smallest absolute Gasteiger partial charge is 0.0666 e. The van der Waals surface area contributed by atoms with Crippen molar-refractivity contribution >= 4 is 6.08 Å². The van der Waals surface area contributed by atoms with Crippen LogP contribution >= 0.6 is 0 Å². The van der Waals surface area contributed by atoms with E-state index in [0.717, 1.165) is 12.2 Å². The topological polar surface area (TPSA) is 17.8 Å². The highest BCUT2D eigenvalue weighted by Crippen LogP contribution is 2.10. The van der Waals surface area contributed by atoms with E-state index >= 15 is 0 Å². The van der Waals surface area contributed by atoms with Crippen molar-refractivity contribution in [2.75, 3.05) is 0 Å². The fourth-order valence-electron chi connectivity index (χ4n) is 1.82. The molecule has 0 radical (unpaired) electrons. The molecule has 0 aliphatic heterocycles. The number of hydrogen-bond donors (Lipinski definition) is 0. The summed E-state index contributed by atoms with van der Waals surface area (Å²) in [6, 6.07) is 10.4. The van der Waals surface area contributed by atoms with Crippen LogP contribution in [-0.4, -0.2) is 9.78 Å². The van der Waals surface area contributed by atoms with E-state index in [1.807, 2.05) is 42.8 Å². The fourth-order valence-corrected chi connectivity index (χ4v) is 1.82. The van der Waals surface area contributed by atoms with Crippen LogP contribution in [0, 0.1) is 6.92 Å². The highest BCUT2D eigenvalue weighted by Gasteiger charge is 2.01. The van der Waals surface area contributed by atoms with Crippen LogP contribution in [0.3, 0.4) is 0 Å². The van der Waals surface area contributed by atoms with Crippen molar-refractivity contribution in [3.05, 3.63) is 71.6 Å². The van der Waals surface area contributed by atoms with Gasteiger partial charge in [-0.25, -0.2) is 0 Å². The Morgan fingerprint density at radius 2 is 1.94 bits per heavy atom. The minimum Gasteiger partial charge on any atom is -0.267 e. The van der Waals surface area contributed by atoms with Gasteiger partial charge in [-0.1, -0.05) is 54.6 Å². The van der Waals surface area contributed by atoms with E-state index in [2.05, 4.69) is 41.6 Å². The Morgan fingerprint density at radius 3 is 2.67 bits per heavy atom. The number of benzene rings is 1. The van der Waals surface area contributed by atoms with E-state index < -0.39 is 0 Å². The lowest BCUT2D eigenvalue weighted by Gasteiger charge is -2.00. The highest BCUT2D eigenvalue weighted by molar-refractivity contribution is 5.52. The maximum atomic E-state index is 4.53. The van der Waals surface area contributed by atoms with Crippen LogP contribution in [0.15, 0.2) is 54.8 Å². The van der Waals surface area contributed by atoms with Gasteiger partial charge in [0.1, 0.15) is 0 Å². The molecule has 1 aromatic heterocycles. The van der Waals surface area contributed by atoms with Gasteiger partial charge in [-0.05, 0) is 19.4 Å². The Kier molecular flexibility index (Phi) is 4.13. The molecule has 2 heteroatoms. The predicted molar refractivity (Wildman–Crippen MR) is 76.4 cm³/mol. The van der Waals surface area contributed by atoms with Crippen molar-refractivity contribution in [2.24, 2.45) is 0 Å². The van der Waals surface area contributed by atoms with E-state index in [0.29, 0.717) is 0 Å². The van der Waals surface area contributed by atoms with Crippen LogP contribution in [0.5, 0.6) is 0 Å². The first-order chi connectivity index (χ1) is 8.79. The Balaban J connectivity index is 2.14. The Bertz CT molecular complexity index is 548. The first kappa shape index (κ1) is 12.4. The molecule has 92 valence electrons. The lowest BCUT2D eigenvalue weighted by Crippen LogP contribution is -1.99. The molecule has 0 unspecified atom stereocenters. The van der Waals surface area contributed by atoms with Gasteiger partial charge in [0.25, 0.3) is 0 Å². The molecule has 2 rings (SSSR count). The maximum absolute atomic E-state index is 4.53. The number of nitrogens with zero attached hydrogens (tertiary/aromatic N) is 2. The quantitative estimate of drug-likeness (QED) is 0.740. The largest absolute Gasteiger partial charge is 0.267 e. The molecule has 0 fully saturated rings. The summed E-state index contributed by atoms with van der Waals surface area (Å²) in [5.41, 5.74) is 3.50. The molecular formula is C16H18N2. The van der Waals surface area contributed by atoms with Gasteiger partial charge in [-0.2, -0.15) is 5.10 Å². The van der Waals surface area contributed by atoms with Gasteiger partial charge in [-0.15, -0.1) is 0 Å². The number of aromatic nitrogens is 2. The van der Waals surface area contributed by atoms with Crippen molar-refractivity contribution in [1.82, 2.24) is 9.78 Å². The number of allylic oxidation sites excluding steroid dienone is 3. The molecule has 0 saturated heterocycles. The first-order valence-corrected chi connectivity index (χ1v) is 6.17. The zero-order chi connectivity index (χ0) is 12.8. The third kappa shape index (κ3) is 3.20. The van der Waals surface area contributed by atoms with Crippen LogP contribution in [-0.2, 0) is 6.54 Å². The lowest BCUT2D eigenvalue weighted by atomic mass is 10.2. The summed E-state index contributed by atoms with van der Waals surface area (Å²) < 4.78 is 1.99. The van der Waals surface area contributed by atoms with Crippen LogP contribution in [0.2, 0.25) is 0 Å². The summed E-state index contributed by atoms with van der Waals surface area (Å²) in [4.78, 5) is 0. The summed E-state index contributed by atoms with van der Waals surface area (Å²) >= 11 is 0. The van der Waals surface area contributed by atoms with E-state index in [9.17, 15) is 0 Å². The third-order valence-electron chi connectivity index (χ3n) is 2.75. The van der Waals surface area contributed by atoms with Crippen molar-refractivity contribution in [3.63, 3.8) is 0 Å². The molecule has 0 aliphatic rings. The van der Waals surface area contributed by atoms with Gasteiger partial charge in [0.2, 0.25) is 0 Å². The average Bonchev–Trinajstić information content (AvgIpc) is 2.71. The zero-order valence-corrected chi connectivity index (χ0v) is 10.9. The SMILES string of the molecule is C/C=C\C=C/c1cn(Cc2ccccc2)nc1C. The second kappa shape index (κ2) is 6.01. The maximum Gasteiger partial charge on any atom is 0.0666 e. The Labute approximate surface area is 108 Å². The van der Waals surface area contributed by atoms with Crippen molar-refractivity contribution in [1.29, 1.82) is 0 Å². The molecule has 0 atom stereocenters. The molecule has 1 heterocycles. The van der Waals surface area contributed by atoms with Gasteiger partial charge in [0, 0.05) is 11.8 Å².